The van der Waals surface area contributed by atoms with Gasteiger partial charge in [-0.2, -0.15) is 0 Å². The molecule has 23 heavy (non-hydrogen) atoms. The summed E-state index contributed by atoms with van der Waals surface area (Å²) in [4.78, 5) is 2.38. The Labute approximate surface area is 137 Å². The number of benzene rings is 1. The third kappa shape index (κ3) is 3.11. The van der Waals surface area contributed by atoms with Gasteiger partial charge in [-0.3, -0.25) is 4.90 Å². The van der Waals surface area contributed by atoms with E-state index in [-0.39, 0.29) is 12.0 Å². The Balaban J connectivity index is 1.57. The van der Waals surface area contributed by atoms with E-state index in [4.69, 9.17) is 14.2 Å². The summed E-state index contributed by atoms with van der Waals surface area (Å²) in [6.45, 7) is 5.50. The Morgan fingerprint density at radius 1 is 1.30 bits per heavy atom. The largest absolute Gasteiger partial charge is 0.493 e. The molecule has 0 bridgehead atoms. The maximum Gasteiger partial charge on any atom is 0.203 e. The van der Waals surface area contributed by atoms with Gasteiger partial charge in [-0.05, 0) is 24.6 Å². The lowest BCUT2D eigenvalue weighted by Crippen LogP contribution is -2.36. The molecule has 6 heteroatoms. The van der Waals surface area contributed by atoms with Gasteiger partial charge in [0.1, 0.15) is 6.61 Å². The normalized spacial score (nSPS) is 27.0. The van der Waals surface area contributed by atoms with E-state index >= 15 is 0 Å². The molecule has 1 aromatic carbocycles. The number of likely N-dealkylation sites (tertiary alicyclic amines) is 1. The Kier molecular flexibility index (Phi) is 4.94. The first-order valence-corrected chi connectivity index (χ1v) is 8.10. The SMILES string of the molecule is COc1cccc(OC)c1OCCN1CC2CNCC2(CO)C1. The third-order valence-corrected chi connectivity index (χ3v) is 5.10. The first-order chi connectivity index (χ1) is 11.2. The molecule has 2 unspecified atom stereocenters. The number of nitrogens with one attached hydrogen (secondary N) is 1. The molecule has 6 nitrogen and oxygen atoms in total. The van der Waals surface area contributed by atoms with Crippen molar-refractivity contribution in [2.45, 2.75) is 0 Å². The molecule has 2 atom stereocenters. The number of hydrogen-bond acceptors (Lipinski definition) is 6. The van der Waals surface area contributed by atoms with Gasteiger partial charge >= 0.3 is 0 Å². The fourth-order valence-electron chi connectivity index (χ4n) is 3.76. The first-order valence-electron chi connectivity index (χ1n) is 8.10. The molecular weight excluding hydrogens is 296 g/mol. The predicted molar refractivity (Wildman–Crippen MR) is 87.4 cm³/mol. The highest BCUT2D eigenvalue weighted by Crippen LogP contribution is 2.39. The molecule has 2 aliphatic rings. The lowest BCUT2D eigenvalue weighted by atomic mass is 9.82. The molecule has 2 N–H and O–H groups in total. The molecule has 2 heterocycles. The van der Waals surface area contributed by atoms with Crippen LogP contribution in [-0.2, 0) is 0 Å². The Morgan fingerprint density at radius 3 is 2.65 bits per heavy atom. The fraction of sp³-hybridized carbons (Fsp3) is 0.647. The Hall–Kier alpha value is -1.50. The van der Waals surface area contributed by atoms with Crippen molar-refractivity contribution >= 4 is 0 Å². The lowest BCUT2D eigenvalue weighted by molar-refractivity contribution is 0.122. The minimum Gasteiger partial charge on any atom is -0.493 e. The van der Waals surface area contributed by atoms with Gasteiger partial charge in [-0.1, -0.05) is 6.07 Å². The topological polar surface area (TPSA) is 63.2 Å². The molecule has 2 saturated heterocycles. The lowest BCUT2D eigenvalue weighted by Gasteiger charge is -2.25. The molecule has 0 aliphatic carbocycles. The van der Waals surface area contributed by atoms with Crippen molar-refractivity contribution in [3.05, 3.63) is 18.2 Å². The van der Waals surface area contributed by atoms with E-state index < -0.39 is 0 Å². The van der Waals surface area contributed by atoms with Crippen LogP contribution in [-0.4, -0.2) is 70.2 Å². The molecular formula is C17H26N2O4. The van der Waals surface area contributed by atoms with Crippen LogP contribution < -0.4 is 19.5 Å². The standard InChI is InChI=1S/C17H26N2O4/c1-21-14-4-3-5-15(22-2)16(14)23-7-6-19-9-13-8-18-10-17(13,11-19)12-20/h3-5,13,18,20H,6-12H2,1-2H3. The van der Waals surface area contributed by atoms with Crippen molar-refractivity contribution in [3.63, 3.8) is 0 Å². The Morgan fingerprint density at radius 2 is 2.04 bits per heavy atom. The predicted octanol–water partition coefficient (Wildman–Crippen LogP) is 0.596. The molecule has 1 aromatic rings. The number of fused-ring (bicyclic) bond motifs is 1. The average molecular weight is 322 g/mol. The highest BCUT2D eigenvalue weighted by molar-refractivity contribution is 5.51. The number of hydrogen-bond donors (Lipinski definition) is 2. The number of aliphatic hydroxyl groups is 1. The van der Waals surface area contributed by atoms with Crippen LogP contribution in [0.1, 0.15) is 0 Å². The molecule has 2 aliphatic heterocycles. The molecule has 0 aromatic heterocycles. The number of rotatable bonds is 7. The van der Waals surface area contributed by atoms with Crippen LogP contribution in [0.5, 0.6) is 17.2 Å². The number of nitrogens with zero attached hydrogens (tertiary/aromatic N) is 1. The number of methoxy groups -OCH3 is 2. The number of aliphatic hydroxyl groups excluding tert-OH is 1. The van der Waals surface area contributed by atoms with E-state index in [0.29, 0.717) is 29.8 Å². The van der Waals surface area contributed by atoms with Gasteiger partial charge in [-0.15, -0.1) is 0 Å². The van der Waals surface area contributed by atoms with Crippen molar-refractivity contribution < 1.29 is 19.3 Å². The van der Waals surface area contributed by atoms with Crippen LogP contribution in [0.25, 0.3) is 0 Å². The molecule has 0 spiro atoms. The third-order valence-electron chi connectivity index (χ3n) is 5.10. The van der Waals surface area contributed by atoms with Crippen LogP contribution >= 0.6 is 0 Å². The second-order valence-electron chi connectivity index (χ2n) is 6.42. The summed E-state index contributed by atoms with van der Waals surface area (Å²) in [6, 6.07) is 5.61. The van der Waals surface area contributed by atoms with E-state index in [1.165, 1.54) is 0 Å². The highest BCUT2D eigenvalue weighted by atomic mass is 16.5. The van der Waals surface area contributed by atoms with Crippen molar-refractivity contribution in [2.24, 2.45) is 11.3 Å². The fourth-order valence-corrected chi connectivity index (χ4v) is 3.76. The van der Waals surface area contributed by atoms with E-state index in [1.54, 1.807) is 14.2 Å². The van der Waals surface area contributed by atoms with Gasteiger partial charge in [0.2, 0.25) is 5.75 Å². The molecule has 128 valence electrons. The monoisotopic (exact) mass is 322 g/mol. The van der Waals surface area contributed by atoms with Gasteiger partial charge in [0.05, 0.1) is 20.8 Å². The van der Waals surface area contributed by atoms with Gasteiger partial charge in [0.25, 0.3) is 0 Å². The minimum atomic E-state index is 0.0299. The van der Waals surface area contributed by atoms with Gasteiger partial charge in [0, 0.05) is 31.6 Å². The van der Waals surface area contributed by atoms with Gasteiger partial charge in [-0.25, -0.2) is 0 Å². The number of ether oxygens (including phenoxy) is 3. The highest BCUT2D eigenvalue weighted by Gasteiger charge is 2.48. The quantitative estimate of drug-likeness (QED) is 0.766. The summed E-state index contributed by atoms with van der Waals surface area (Å²) in [5.41, 5.74) is 0.0299. The van der Waals surface area contributed by atoms with E-state index in [2.05, 4.69) is 10.2 Å². The van der Waals surface area contributed by atoms with Crippen LogP contribution in [0.3, 0.4) is 0 Å². The molecule has 0 radical (unpaired) electrons. The summed E-state index contributed by atoms with van der Waals surface area (Å²) >= 11 is 0. The molecule has 0 amide bonds. The Bertz CT molecular complexity index is 517. The van der Waals surface area contributed by atoms with Crippen LogP contribution in [0.4, 0.5) is 0 Å². The van der Waals surface area contributed by atoms with E-state index in [1.807, 2.05) is 18.2 Å². The zero-order valence-corrected chi connectivity index (χ0v) is 13.9. The van der Waals surface area contributed by atoms with Gasteiger partial charge in [0.15, 0.2) is 11.5 Å². The second-order valence-corrected chi connectivity index (χ2v) is 6.42. The zero-order valence-electron chi connectivity index (χ0n) is 13.9. The molecule has 0 saturated carbocycles. The first kappa shape index (κ1) is 16.4. The van der Waals surface area contributed by atoms with Crippen molar-refractivity contribution in [2.75, 3.05) is 60.2 Å². The number of para-hydroxylation sites is 1. The van der Waals surface area contributed by atoms with Crippen LogP contribution in [0.2, 0.25) is 0 Å². The summed E-state index contributed by atoms with van der Waals surface area (Å²) in [6.07, 6.45) is 0. The smallest absolute Gasteiger partial charge is 0.203 e. The van der Waals surface area contributed by atoms with E-state index in [0.717, 1.165) is 32.7 Å². The molecule has 2 fully saturated rings. The van der Waals surface area contributed by atoms with Gasteiger partial charge < -0.3 is 24.6 Å². The summed E-state index contributed by atoms with van der Waals surface area (Å²) in [7, 11) is 3.25. The summed E-state index contributed by atoms with van der Waals surface area (Å²) in [5.74, 6) is 2.54. The van der Waals surface area contributed by atoms with Crippen molar-refractivity contribution in [1.29, 1.82) is 0 Å². The summed E-state index contributed by atoms with van der Waals surface area (Å²) in [5, 5.41) is 13.2. The summed E-state index contributed by atoms with van der Waals surface area (Å²) < 4.78 is 16.6. The minimum absolute atomic E-state index is 0.0299. The van der Waals surface area contributed by atoms with Crippen LogP contribution in [0.15, 0.2) is 18.2 Å². The zero-order chi connectivity index (χ0) is 16.3. The second kappa shape index (κ2) is 6.95. The maximum absolute atomic E-state index is 9.75. The van der Waals surface area contributed by atoms with Crippen molar-refractivity contribution in [1.82, 2.24) is 10.2 Å². The van der Waals surface area contributed by atoms with Crippen molar-refractivity contribution in [3.8, 4) is 17.2 Å². The van der Waals surface area contributed by atoms with Crippen LogP contribution in [0, 0.1) is 11.3 Å². The van der Waals surface area contributed by atoms with E-state index in [9.17, 15) is 5.11 Å². The maximum atomic E-state index is 9.75. The average Bonchev–Trinajstić information content (AvgIpc) is 3.12. The molecule has 3 rings (SSSR count).